The number of carbonyl (C=O) groups excluding carboxylic acids is 5. The molecule has 1 saturated heterocycles. The zero-order valence-electron chi connectivity index (χ0n) is 65.5. The number of amides is 5. The number of H-pyrrole nitrogens is 5. The van der Waals surface area contributed by atoms with Crippen molar-refractivity contribution < 1.29 is 54.2 Å². The van der Waals surface area contributed by atoms with Gasteiger partial charge in [0, 0.05) is 120 Å². The van der Waals surface area contributed by atoms with Gasteiger partial charge in [0.15, 0.2) is 12.5 Å². The minimum Gasteiger partial charge on any atom is -0.394 e. The van der Waals surface area contributed by atoms with Crippen LogP contribution in [0.5, 0.6) is 0 Å². The number of aromatic nitrogens is 13. The second kappa shape index (κ2) is 43.4. The molecule has 0 bridgehead atoms. The third kappa shape index (κ3) is 25.0. The Balaban J connectivity index is 0.000000141. The maximum Gasteiger partial charge on any atom is 0.269 e. The molecular formula is C88H82Cl6N18O11. The van der Waals surface area contributed by atoms with E-state index in [0.29, 0.717) is 89.2 Å². The number of hydrogen-bond acceptors (Lipinski definition) is 19. The fourth-order valence-electron chi connectivity index (χ4n) is 13.2. The summed E-state index contributed by atoms with van der Waals surface area (Å²) in [5, 5.41) is 65.8. The van der Waals surface area contributed by atoms with Crippen molar-refractivity contribution in [1.29, 1.82) is 0 Å². The smallest absolute Gasteiger partial charge is 0.269 e. The van der Waals surface area contributed by atoms with Crippen LogP contribution in [-0.4, -0.2) is 164 Å². The van der Waals surface area contributed by atoms with Crippen LogP contribution in [0.25, 0.3) is 67.2 Å². The van der Waals surface area contributed by atoms with E-state index in [1.54, 1.807) is 153 Å². The Bertz CT molecular complexity index is 5890. The highest BCUT2D eigenvalue weighted by Gasteiger charge is 2.35. The van der Waals surface area contributed by atoms with Gasteiger partial charge >= 0.3 is 0 Å². The molecule has 5 atom stereocenters. The Kier molecular flexibility index (Phi) is 31.8. The SMILES string of the molecule is Cc1cnc(Cl)cc1-c1c[nH]c(C(=O)NC(O)C(O)c2ccccc2)c1.O=C(NC(O)C(O)c1cccc(Cl)c1)c1cc(-c2ccnc(Cl)c2)c[nH]1.O=C(NC1(CO)CCCC1)c1cc(-c2cc(Cl)ncn2)c[nH]1.O=C(NCC1CCCO1)c1cc(-c2cc(Cl)ncn2)c[nH]1.O=C(NCc1ccccc1)c1[nH]cc(-c2cc(Cl)ncn2)c1-c1ccccc1. The summed E-state index contributed by atoms with van der Waals surface area (Å²) in [4.78, 5) is 109. The van der Waals surface area contributed by atoms with Crippen LogP contribution in [0.3, 0.4) is 0 Å². The van der Waals surface area contributed by atoms with Gasteiger partial charge in [-0.15, -0.1) is 0 Å². The third-order valence-corrected chi connectivity index (χ3v) is 20.9. The van der Waals surface area contributed by atoms with Crippen molar-refractivity contribution in [1.82, 2.24) is 91.4 Å². The lowest BCUT2D eigenvalue weighted by atomic mass is 9.99. The number of ether oxygens (including phenoxy) is 1. The molecule has 2 fully saturated rings. The van der Waals surface area contributed by atoms with Crippen LogP contribution < -0.4 is 26.6 Å². The molecule has 5 unspecified atom stereocenters. The van der Waals surface area contributed by atoms with E-state index in [9.17, 15) is 49.5 Å². The highest BCUT2D eigenvalue weighted by molar-refractivity contribution is 6.31. The third-order valence-electron chi connectivity index (χ3n) is 19.6. The van der Waals surface area contributed by atoms with E-state index >= 15 is 0 Å². The second-order valence-corrected chi connectivity index (χ2v) is 30.6. The van der Waals surface area contributed by atoms with Gasteiger partial charge in [-0.2, -0.15) is 0 Å². The van der Waals surface area contributed by atoms with Crippen LogP contribution in [0.2, 0.25) is 30.8 Å². The lowest BCUT2D eigenvalue weighted by molar-refractivity contribution is -0.00110. The van der Waals surface area contributed by atoms with Crippen molar-refractivity contribution in [2.45, 2.75) is 88.3 Å². The van der Waals surface area contributed by atoms with Gasteiger partial charge in [-0.1, -0.05) is 186 Å². The number of hydrogen-bond donors (Lipinski definition) is 15. The van der Waals surface area contributed by atoms with E-state index in [-0.39, 0.29) is 41.8 Å². The summed E-state index contributed by atoms with van der Waals surface area (Å²) in [7, 11) is 0. The molecule has 35 heteroatoms. The highest BCUT2D eigenvalue weighted by atomic mass is 35.5. The number of aromatic amines is 5. The second-order valence-electron chi connectivity index (χ2n) is 28.2. The Morgan fingerprint density at radius 2 is 0.976 bits per heavy atom. The molecule has 0 radical (unpaired) electrons. The van der Waals surface area contributed by atoms with Crippen LogP contribution in [0, 0.1) is 6.92 Å². The lowest BCUT2D eigenvalue weighted by Crippen LogP contribution is -2.49. The number of nitrogens with zero attached hydrogens (tertiary/aromatic N) is 8. The largest absolute Gasteiger partial charge is 0.394 e. The van der Waals surface area contributed by atoms with Gasteiger partial charge < -0.3 is 81.8 Å². The quantitative estimate of drug-likeness (QED) is 0.0161. The summed E-state index contributed by atoms with van der Waals surface area (Å²) >= 11 is 35.4. The highest BCUT2D eigenvalue weighted by Crippen LogP contribution is 2.36. The van der Waals surface area contributed by atoms with Gasteiger partial charge in [0.1, 0.15) is 85.4 Å². The molecule has 16 rings (SSSR count). The van der Waals surface area contributed by atoms with E-state index in [4.69, 9.17) is 74.3 Å². The molecule has 0 spiro atoms. The van der Waals surface area contributed by atoms with Crippen LogP contribution in [0.4, 0.5) is 0 Å². The minimum absolute atomic E-state index is 0.0339. The average molecular weight is 1780 g/mol. The molecule has 14 aromatic rings. The minimum atomic E-state index is -1.50. The Hall–Kier alpha value is -12.3. The zero-order valence-corrected chi connectivity index (χ0v) is 70.0. The van der Waals surface area contributed by atoms with E-state index in [2.05, 4.69) is 91.4 Å². The summed E-state index contributed by atoms with van der Waals surface area (Å²) in [5.41, 5.74) is 13.4. The number of benzene rings is 4. The first-order chi connectivity index (χ1) is 59.4. The maximum absolute atomic E-state index is 12.9. The normalized spacial score (nSPS) is 14.0. The molecule has 5 amide bonds. The van der Waals surface area contributed by atoms with Crippen LogP contribution in [-0.2, 0) is 11.3 Å². The molecule has 1 aliphatic heterocycles. The monoisotopic (exact) mass is 1780 g/mol. The number of pyridine rings is 2. The van der Waals surface area contributed by atoms with Gasteiger partial charge in [-0.05, 0) is 126 Å². The van der Waals surface area contributed by atoms with Crippen molar-refractivity contribution in [2.75, 3.05) is 19.8 Å². The maximum atomic E-state index is 12.9. The topological polar surface area (TPSA) is 438 Å². The van der Waals surface area contributed by atoms with E-state index in [0.717, 1.165) is 106 Å². The number of halogens is 6. The van der Waals surface area contributed by atoms with Gasteiger partial charge in [0.25, 0.3) is 29.5 Å². The lowest BCUT2D eigenvalue weighted by Gasteiger charge is -2.27. The zero-order chi connectivity index (χ0) is 86.9. The standard InChI is InChI=1S/C22H17ClN4O.C19H18ClN3O3.C18H15Cl2N3O3.C15H17ClN4O2.C14H15ClN4O2/c23-19-11-18(26-14-27-19)17-13-24-21(20(17)16-9-5-2-6-10-16)22(28)25-12-15-7-3-1-4-8-15;1-11-9-22-16(20)8-14(11)13-7-15(21-10-13)18(25)23-19(26)17(24)12-5-3-2-4-6-12;19-13-3-1-2-11(6-13)16(24)18(26)23-17(25)14-7-12(9-22-14)10-4-5-21-15(20)8-10;16-13-6-11(18-9-19-13)10-5-12(17-7-10)14(22)20-15(8-21)3-1-2-4-15;15-13-5-11(18-8-19-13)9-4-12(16-6-9)14(20)17-7-10-2-1-3-21-10/h1-11,13-14,24H,12H2,(H,25,28);2-10,17,19,21,24,26H,1H3,(H,23,25);1-9,16,18,22,24,26H,(H,23,25);5-7,9,17,21H,1-4,8H2,(H,20,22);4-6,8,10,16H,1-3,7H2,(H,17,20). The molecule has 123 heavy (non-hydrogen) atoms. The number of carbonyl (C=O) groups is 5. The fraction of sp³-hybridized carbons (Fsp3) is 0.193. The molecular weight excluding hydrogens is 1700 g/mol. The van der Waals surface area contributed by atoms with Gasteiger partial charge in [0.05, 0.1) is 35.3 Å². The van der Waals surface area contributed by atoms with Crippen molar-refractivity contribution in [3.63, 3.8) is 0 Å². The van der Waals surface area contributed by atoms with Gasteiger partial charge in [-0.3, -0.25) is 24.0 Å². The molecule has 4 aromatic carbocycles. The van der Waals surface area contributed by atoms with Crippen molar-refractivity contribution in [3.05, 3.63) is 320 Å². The number of nitrogens with one attached hydrogen (secondary N) is 10. The van der Waals surface area contributed by atoms with Crippen LogP contribution in [0.1, 0.15) is 125 Å². The molecule has 1 saturated carbocycles. The Morgan fingerprint density at radius 1 is 0.463 bits per heavy atom. The molecule has 2 aliphatic rings. The number of aliphatic hydroxyl groups is 5. The number of aliphatic hydroxyl groups excluding tert-OH is 5. The Morgan fingerprint density at radius 3 is 1.55 bits per heavy atom. The molecule has 29 nitrogen and oxygen atoms in total. The van der Waals surface area contributed by atoms with E-state index in [1.807, 2.05) is 67.6 Å². The number of aryl methyl sites for hydroxylation is 1. The predicted octanol–water partition coefficient (Wildman–Crippen LogP) is 14.9. The fourth-order valence-corrected chi connectivity index (χ4v) is 14.2. The first-order valence-corrected chi connectivity index (χ1v) is 40.7. The summed E-state index contributed by atoms with van der Waals surface area (Å²) in [6, 6.07) is 51.4. The summed E-state index contributed by atoms with van der Waals surface area (Å²) in [6.07, 6.45) is 16.3. The van der Waals surface area contributed by atoms with Crippen molar-refractivity contribution in [3.8, 4) is 67.2 Å². The predicted molar refractivity (Wildman–Crippen MR) is 468 cm³/mol. The molecule has 15 N–H and O–H groups in total. The van der Waals surface area contributed by atoms with Gasteiger partial charge in [0.2, 0.25) is 0 Å². The van der Waals surface area contributed by atoms with E-state index < -0.39 is 42.0 Å². The van der Waals surface area contributed by atoms with Crippen molar-refractivity contribution >= 4 is 99.1 Å². The Labute approximate surface area is 734 Å². The first-order valence-electron chi connectivity index (χ1n) is 38.4. The van der Waals surface area contributed by atoms with Crippen LogP contribution in [0.15, 0.2) is 238 Å². The number of rotatable bonds is 23. The average Bonchev–Trinajstić information content (AvgIpc) is 1.65. The molecule has 1 aliphatic carbocycles. The molecule has 632 valence electrons. The summed E-state index contributed by atoms with van der Waals surface area (Å²) in [6.45, 7) is 3.62. The summed E-state index contributed by atoms with van der Waals surface area (Å²) in [5.74, 6) is -1.66. The van der Waals surface area contributed by atoms with Crippen LogP contribution >= 0.6 is 69.6 Å². The summed E-state index contributed by atoms with van der Waals surface area (Å²) < 4.78 is 5.47. The molecule has 11 heterocycles. The van der Waals surface area contributed by atoms with E-state index in [1.165, 1.54) is 25.0 Å². The first kappa shape index (κ1) is 89.9. The van der Waals surface area contributed by atoms with Crippen molar-refractivity contribution in [2.24, 2.45) is 0 Å². The van der Waals surface area contributed by atoms with Gasteiger partial charge in [-0.25, -0.2) is 39.9 Å². The molecule has 10 aromatic heterocycles.